The van der Waals surface area contributed by atoms with E-state index < -0.39 is 11.6 Å². The summed E-state index contributed by atoms with van der Waals surface area (Å²) in [5.41, 5.74) is 0.511. The molecule has 0 atom stereocenters. The topological polar surface area (TPSA) is 67.4 Å². The number of benzene rings is 1. The van der Waals surface area contributed by atoms with Gasteiger partial charge in [0.1, 0.15) is 11.6 Å². The van der Waals surface area contributed by atoms with Crippen LogP contribution in [0.1, 0.15) is 35.2 Å². The standard InChI is InChI=1S/C20H22F2N4O2/c21-16-2-1-3-17(22)15(16)12-25-19-23-10-14(11-24-19)18(27)26-7-4-20(13-26)5-8-28-9-6-20/h1-3,10-11H,4-9,12-13H2,(H,23,24,25). The smallest absolute Gasteiger partial charge is 0.257 e. The van der Waals surface area contributed by atoms with E-state index in [0.29, 0.717) is 5.56 Å². The van der Waals surface area contributed by atoms with Crippen molar-refractivity contribution in [3.63, 3.8) is 0 Å². The van der Waals surface area contributed by atoms with Crippen LogP contribution in [0.5, 0.6) is 0 Å². The molecule has 3 heterocycles. The molecule has 0 bridgehead atoms. The summed E-state index contributed by atoms with van der Waals surface area (Å²) in [6, 6.07) is 3.71. The molecule has 1 amide bonds. The fourth-order valence-corrected chi connectivity index (χ4v) is 3.90. The quantitative estimate of drug-likeness (QED) is 0.872. The summed E-state index contributed by atoms with van der Waals surface area (Å²) >= 11 is 0. The largest absolute Gasteiger partial charge is 0.381 e. The average molecular weight is 388 g/mol. The molecule has 2 fully saturated rings. The van der Waals surface area contributed by atoms with Crippen LogP contribution in [-0.2, 0) is 11.3 Å². The van der Waals surface area contributed by atoms with Crippen molar-refractivity contribution in [2.24, 2.45) is 5.41 Å². The number of hydrogen-bond donors (Lipinski definition) is 1. The van der Waals surface area contributed by atoms with Gasteiger partial charge in [-0.25, -0.2) is 18.7 Å². The van der Waals surface area contributed by atoms with Crippen LogP contribution < -0.4 is 5.32 Å². The lowest BCUT2D eigenvalue weighted by atomic mass is 9.80. The molecule has 2 aromatic rings. The molecule has 28 heavy (non-hydrogen) atoms. The highest BCUT2D eigenvalue weighted by Crippen LogP contribution is 2.40. The highest BCUT2D eigenvalue weighted by Gasteiger charge is 2.41. The lowest BCUT2D eigenvalue weighted by Gasteiger charge is -2.33. The molecule has 1 aromatic carbocycles. The molecule has 0 saturated carbocycles. The molecule has 4 rings (SSSR count). The van der Waals surface area contributed by atoms with Gasteiger partial charge in [0.05, 0.1) is 5.56 Å². The number of rotatable bonds is 4. The Hall–Kier alpha value is -2.61. The molecule has 2 aliphatic heterocycles. The Kier molecular flexibility index (Phi) is 5.21. The molecule has 1 aromatic heterocycles. The number of hydrogen-bond acceptors (Lipinski definition) is 5. The first-order valence-corrected chi connectivity index (χ1v) is 9.42. The van der Waals surface area contributed by atoms with Crippen molar-refractivity contribution < 1.29 is 18.3 Å². The van der Waals surface area contributed by atoms with Gasteiger partial charge < -0.3 is 15.0 Å². The molecule has 0 aliphatic carbocycles. The maximum atomic E-state index is 13.7. The fourth-order valence-electron chi connectivity index (χ4n) is 3.90. The number of halogens is 2. The van der Waals surface area contributed by atoms with E-state index in [9.17, 15) is 13.6 Å². The van der Waals surface area contributed by atoms with Crippen LogP contribution in [0.25, 0.3) is 0 Å². The highest BCUT2D eigenvalue weighted by atomic mass is 19.1. The predicted molar refractivity (Wildman–Crippen MR) is 98.7 cm³/mol. The SMILES string of the molecule is O=C(c1cnc(NCc2c(F)cccc2F)nc1)N1CCC2(CCOCC2)C1. The van der Waals surface area contributed by atoms with Crippen LogP contribution in [0, 0.1) is 17.0 Å². The number of nitrogens with one attached hydrogen (secondary N) is 1. The van der Waals surface area contributed by atoms with Crippen LogP contribution in [-0.4, -0.2) is 47.1 Å². The fraction of sp³-hybridized carbons (Fsp3) is 0.450. The number of ether oxygens (including phenoxy) is 1. The molecule has 8 heteroatoms. The summed E-state index contributed by atoms with van der Waals surface area (Å²) in [6.45, 7) is 2.90. The highest BCUT2D eigenvalue weighted by molar-refractivity contribution is 5.94. The van der Waals surface area contributed by atoms with Crippen LogP contribution in [0.4, 0.5) is 14.7 Å². The van der Waals surface area contributed by atoms with Crippen LogP contribution in [0.3, 0.4) is 0 Å². The zero-order chi connectivity index (χ0) is 19.6. The monoisotopic (exact) mass is 388 g/mol. The van der Waals surface area contributed by atoms with E-state index in [1.54, 1.807) is 0 Å². The normalized spacial score (nSPS) is 18.4. The van der Waals surface area contributed by atoms with Crippen molar-refractivity contribution in [3.8, 4) is 0 Å². The number of nitrogens with zero attached hydrogens (tertiary/aromatic N) is 3. The second-order valence-electron chi connectivity index (χ2n) is 7.44. The minimum absolute atomic E-state index is 0.0786. The predicted octanol–water partition coefficient (Wildman–Crippen LogP) is 3.01. The third-order valence-corrected chi connectivity index (χ3v) is 5.66. The van der Waals surface area contributed by atoms with Crippen LogP contribution in [0.2, 0.25) is 0 Å². The summed E-state index contributed by atoms with van der Waals surface area (Å²) in [7, 11) is 0. The lowest BCUT2D eigenvalue weighted by molar-refractivity contribution is 0.0191. The number of carbonyl (C=O) groups is 1. The van der Waals surface area contributed by atoms with Crippen molar-refractivity contribution in [2.75, 3.05) is 31.6 Å². The van der Waals surface area contributed by atoms with Crippen LogP contribution in [0.15, 0.2) is 30.6 Å². The average Bonchev–Trinajstić information content (AvgIpc) is 3.11. The van der Waals surface area contributed by atoms with Crippen molar-refractivity contribution >= 4 is 11.9 Å². The van der Waals surface area contributed by atoms with Gasteiger partial charge in [-0.1, -0.05) is 6.07 Å². The molecule has 2 aliphatic rings. The second-order valence-corrected chi connectivity index (χ2v) is 7.44. The van der Waals surface area contributed by atoms with Gasteiger partial charge in [0.15, 0.2) is 0 Å². The zero-order valence-corrected chi connectivity index (χ0v) is 15.5. The Bertz CT molecular complexity index is 834. The van der Waals surface area contributed by atoms with E-state index in [1.165, 1.54) is 30.6 Å². The second kappa shape index (κ2) is 7.79. The molecule has 1 spiro atoms. The summed E-state index contributed by atoms with van der Waals surface area (Å²) in [5, 5.41) is 2.78. The minimum atomic E-state index is -0.629. The van der Waals surface area contributed by atoms with Crippen LogP contribution >= 0.6 is 0 Å². The van der Waals surface area contributed by atoms with Crippen molar-refractivity contribution in [1.29, 1.82) is 0 Å². The first kappa shape index (κ1) is 18.7. The third kappa shape index (κ3) is 3.82. The number of aromatic nitrogens is 2. The van der Waals surface area contributed by atoms with Crippen molar-refractivity contribution in [2.45, 2.75) is 25.8 Å². The molecule has 2 saturated heterocycles. The maximum Gasteiger partial charge on any atom is 0.257 e. The Morgan fingerprint density at radius 3 is 2.50 bits per heavy atom. The van der Waals surface area contributed by atoms with Gasteiger partial charge in [-0.3, -0.25) is 4.79 Å². The van der Waals surface area contributed by atoms with Gasteiger partial charge in [0.2, 0.25) is 5.95 Å². The minimum Gasteiger partial charge on any atom is -0.381 e. The Labute approximate surface area is 161 Å². The van der Waals surface area contributed by atoms with Crippen molar-refractivity contribution in [1.82, 2.24) is 14.9 Å². The molecule has 6 nitrogen and oxygen atoms in total. The molecule has 0 radical (unpaired) electrons. The molecule has 148 valence electrons. The summed E-state index contributed by atoms with van der Waals surface area (Å²) in [6.07, 6.45) is 5.87. The number of amides is 1. The molecule has 0 unspecified atom stereocenters. The van der Waals surface area contributed by atoms with E-state index in [0.717, 1.165) is 45.6 Å². The van der Waals surface area contributed by atoms with Gasteiger partial charge in [-0.05, 0) is 36.8 Å². The Morgan fingerprint density at radius 2 is 1.82 bits per heavy atom. The van der Waals surface area contributed by atoms with Gasteiger partial charge in [0.25, 0.3) is 5.91 Å². The van der Waals surface area contributed by atoms with Gasteiger partial charge in [0, 0.05) is 50.8 Å². The molecular formula is C20H22F2N4O2. The first-order valence-electron chi connectivity index (χ1n) is 9.42. The first-order chi connectivity index (χ1) is 13.6. The van der Waals surface area contributed by atoms with Gasteiger partial charge in [-0.15, -0.1) is 0 Å². The van der Waals surface area contributed by atoms with Crippen molar-refractivity contribution in [3.05, 3.63) is 53.4 Å². The summed E-state index contributed by atoms with van der Waals surface area (Å²) in [4.78, 5) is 22.8. The summed E-state index contributed by atoms with van der Waals surface area (Å²) in [5.74, 6) is -1.14. The third-order valence-electron chi connectivity index (χ3n) is 5.66. The molecule has 1 N–H and O–H groups in total. The number of carbonyl (C=O) groups excluding carboxylic acids is 1. The Morgan fingerprint density at radius 1 is 1.14 bits per heavy atom. The zero-order valence-electron chi connectivity index (χ0n) is 15.5. The van der Waals surface area contributed by atoms with E-state index in [4.69, 9.17) is 4.74 Å². The van der Waals surface area contributed by atoms with E-state index in [1.807, 2.05) is 4.90 Å². The maximum absolute atomic E-state index is 13.7. The molecular weight excluding hydrogens is 366 g/mol. The van der Waals surface area contributed by atoms with E-state index in [-0.39, 0.29) is 29.4 Å². The van der Waals surface area contributed by atoms with E-state index >= 15 is 0 Å². The van der Waals surface area contributed by atoms with Gasteiger partial charge in [-0.2, -0.15) is 0 Å². The van der Waals surface area contributed by atoms with E-state index in [2.05, 4.69) is 15.3 Å². The lowest BCUT2D eigenvalue weighted by Crippen LogP contribution is -2.35. The summed E-state index contributed by atoms with van der Waals surface area (Å²) < 4.78 is 32.8. The number of anilines is 1. The number of likely N-dealkylation sites (tertiary alicyclic amines) is 1. The Balaban J connectivity index is 1.37. The van der Waals surface area contributed by atoms with Gasteiger partial charge >= 0.3 is 0 Å².